The molecule has 7 nitrogen and oxygen atoms in total. The second kappa shape index (κ2) is 8.09. The molecule has 0 heterocycles. The van der Waals surface area contributed by atoms with E-state index in [0.29, 0.717) is 17.9 Å². The van der Waals surface area contributed by atoms with Gasteiger partial charge in [-0.05, 0) is 42.3 Å². The maximum Gasteiger partial charge on any atom is 0.305 e. The van der Waals surface area contributed by atoms with Crippen LogP contribution in [-0.4, -0.2) is 31.6 Å². The third kappa shape index (κ3) is 4.43. The Morgan fingerprint density at radius 3 is 2.60 bits per heavy atom. The molecule has 0 saturated heterocycles. The van der Waals surface area contributed by atoms with Crippen LogP contribution < -0.4 is 14.8 Å². The Balaban J connectivity index is 2.04. The number of methoxy groups -OCH3 is 2. The van der Waals surface area contributed by atoms with E-state index in [1.54, 1.807) is 32.4 Å². The first kappa shape index (κ1) is 18.2. The molecule has 0 spiro atoms. The molecule has 0 unspecified atom stereocenters. The lowest BCUT2D eigenvalue weighted by Crippen LogP contribution is -2.26. The van der Waals surface area contributed by atoms with Crippen molar-refractivity contribution in [3.63, 3.8) is 0 Å². The second-order valence-corrected chi connectivity index (χ2v) is 5.11. The fraction of sp³-hybridized carbons (Fsp3) is 0.235. The van der Waals surface area contributed by atoms with Gasteiger partial charge >= 0.3 is 5.69 Å². The molecule has 0 radical (unpaired) electrons. The first-order chi connectivity index (χ1) is 12.0. The molecule has 2 aromatic carbocycles. The van der Waals surface area contributed by atoms with Crippen LogP contribution in [0, 0.1) is 15.9 Å². The average Bonchev–Trinajstić information content (AvgIpc) is 2.61. The zero-order chi connectivity index (χ0) is 18.4. The van der Waals surface area contributed by atoms with E-state index in [2.05, 4.69) is 5.32 Å². The number of nitrogens with one attached hydrogen (secondary N) is 1. The third-order valence-corrected chi connectivity index (χ3v) is 3.57. The number of hydrogen-bond donors (Lipinski definition) is 1. The number of benzene rings is 2. The predicted octanol–water partition coefficient (Wildman–Crippen LogP) is 2.72. The fourth-order valence-corrected chi connectivity index (χ4v) is 2.28. The van der Waals surface area contributed by atoms with E-state index in [-0.39, 0.29) is 12.1 Å². The largest absolute Gasteiger partial charge is 0.497 e. The van der Waals surface area contributed by atoms with Gasteiger partial charge in [0, 0.05) is 18.2 Å². The number of hydrogen-bond acceptors (Lipinski definition) is 5. The van der Waals surface area contributed by atoms with Gasteiger partial charge in [-0.15, -0.1) is 0 Å². The van der Waals surface area contributed by atoms with Crippen molar-refractivity contribution in [3.05, 3.63) is 63.5 Å². The third-order valence-electron chi connectivity index (χ3n) is 3.57. The number of carbonyl (C=O) groups excluding carboxylic acids is 1. The molecule has 25 heavy (non-hydrogen) atoms. The Hall–Kier alpha value is -3.16. The summed E-state index contributed by atoms with van der Waals surface area (Å²) in [5, 5.41) is 13.4. The van der Waals surface area contributed by atoms with Crippen LogP contribution >= 0.6 is 0 Å². The van der Waals surface area contributed by atoms with Gasteiger partial charge in [0.05, 0.1) is 19.1 Å². The van der Waals surface area contributed by atoms with Crippen LogP contribution in [-0.2, 0) is 6.42 Å². The highest BCUT2D eigenvalue weighted by molar-refractivity contribution is 5.94. The number of rotatable bonds is 7. The van der Waals surface area contributed by atoms with Gasteiger partial charge < -0.3 is 14.8 Å². The van der Waals surface area contributed by atoms with Gasteiger partial charge in [0.2, 0.25) is 5.82 Å². The summed E-state index contributed by atoms with van der Waals surface area (Å²) in [7, 11) is 3.09. The summed E-state index contributed by atoms with van der Waals surface area (Å²) in [6, 6.07) is 8.34. The number of nitrogens with zero attached hydrogens (tertiary/aromatic N) is 1. The monoisotopic (exact) mass is 348 g/mol. The molecular weight excluding hydrogens is 331 g/mol. The normalized spacial score (nSPS) is 10.2. The molecule has 0 aliphatic rings. The molecule has 0 fully saturated rings. The zero-order valence-electron chi connectivity index (χ0n) is 13.7. The summed E-state index contributed by atoms with van der Waals surface area (Å²) < 4.78 is 23.7. The van der Waals surface area contributed by atoms with Crippen molar-refractivity contribution in [1.29, 1.82) is 0 Å². The second-order valence-electron chi connectivity index (χ2n) is 5.11. The molecule has 0 aromatic heterocycles. The molecule has 132 valence electrons. The minimum absolute atomic E-state index is 0.0192. The summed E-state index contributed by atoms with van der Waals surface area (Å²) in [4.78, 5) is 22.0. The number of carbonyl (C=O) groups is 1. The van der Waals surface area contributed by atoms with E-state index in [1.807, 2.05) is 0 Å². The van der Waals surface area contributed by atoms with Crippen molar-refractivity contribution < 1.29 is 23.6 Å². The van der Waals surface area contributed by atoms with Gasteiger partial charge in [0.25, 0.3) is 5.91 Å². The van der Waals surface area contributed by atoms with Crippen LogP contribution in [0.4, 0.5) is 10.1 Å². The highest BCUT2D eigenvalue weighted by Gasteiger charge is 2.17. The highest BCUT2D eigenvalue weighted by atomic mass is 19.1. The van der Waals surface area contributed by atoms with Crippen molar-refractivity contribution in [2.75, 3.05) is 20.8 Å². The molecule has 0 aliphatic carbocycles. The molecule has 2 rings (SSSR count). The lowest BCUT2D eigenvalue weighted by Gasteiger charge is -2.11. The Morgan fingerprint density at radius 1 is 1.20 bits per heavy atom. The summed E-state index contributed by atoms with van der Waals surface area (Å²) in [5.74, 6) is -0.184. The Kier molecular flexibility index (Phi) is 5.89. The molecular formula is C17H17FN2O5. The van der Waals surface area contributed by atoms with Crippen molar-refractivity contribution in [1.82, 2.24) is 5.32 Å². The first-order valence-corrected chi connectivity index (χ1v) is 7.39. The fourth-order valence-electron chi connectivity index (χ4n) is 2.28. The lowest BCUT2D eigenvalue weighted by molar-refractivity contribution is -0.387. The van der Waals surface area contributed by atoms with E-state index in [0.717, 1.165) is 17.7 Å². The molecule has 2 aromatic rings. The topological polar surface area (TPSA) is 90.7 Å². The summed E-state index contributed by atoms with van der Waals surface area (Å²) in [6.45, 7) is 0.271. The smallest absolute Gasteiger partial charge is 0.305 e. The van der Waals surface area contributed by atoms with Crippen LogP contribution in [0.25, 0.3) is 0 Å². The average molecular weight is 348 g/mol. The van der Waals surface area contributed by atoms with E-state index in [9.17, 15) is 19.3 Å². The number of nitro groups is 1. The minimum Gasteiger partial charge on any atom is -0.497 e. The van der Waals surface area contributed by atoms with E-state index >= 15 is 0 Å². The number of halogens is 1. The maximum absolute atomic E-state index is 13.3. The molecule has 0 aliphatic heterocycles. The predicted molar refractivity (Wildman–Crippen MR) is 88.6 cm³/mol. The summed E-state index contributed by atoms with van der Waals surface area (Å²) >= 11 is 0. The quantitative estimate of drug-likeness (QED) is 0.614. The van der Waals surface area contributed by atoms with Crippen molar-refractivity contribution >= 4 is 11.6 Å². The van der Waals surface area contributed by atoms with Crippen LogP contribution in [0.5, 0.6) is 11.5 Å². The highest BCUT2D eigenvalue weighted by Crippen LogP contribution is 2.24. The summed E-state index contributed by atoms with van der Waals surface area (Å²) in [5.41, 5.74) is 0.125. The van der Waals surface area contributed by atoms with E-state index in [1.165, 1.54) is 6.07 Å². The summed E-state index contributed by atoms with van der Waals surface area (Å²) in [6.07, 6.45) is 0.468. The van der Waals surface area contributed by atoms with Crippen LogP contribution in [0.1, 0.15) is 15.9 Å². The molecule has 0 saturated carbocycles. The minimum atomic E-state index is -0.984. The van der Waals surface area contributed by atoms with Crippen molar-refractivity contribution in [2.24, 2.45) is 0 Å². The molecule has 0 bridgehead atoms. The number of nitro benzene ring substituents is 1. The molecule has 1 amide bonds. The van der Waals surface area contributed by atoms with Gasteiger partial charge in [-0.1, -0.05) is 0 Å². The number of amides is 1. The first-order valence-electron chi connectivity index (χ1n) is 7.39. The lowest BCUT2D eigenvalue weighted by atomic mass is 10.1. The van der Waals surface area contributed by atoms with Gasteiger partial charge in [-0.25, -0.2) is 0 Å². The van der Waals surface area contributed by atoms with Crippen LogP contribution in [0.3, 0.4) is 0 Å². The SMILES string of the molecule is COc1ccc(OC)c(CCNC(=O)c2ccc(F)c([N+](=O)[O-])c2)c1. The molecule has 1 N–H and O–H groups in total. The Bertz CT molecular complexity index is 795. The molecule has 0 atom stereocenters. The van der Waals surface area contributed by atoms with E-state index < -0.39 is 22.3 Å². The van der Waals surface area contributed by atoms with Gasteiger partial charge in [0.1, 0.15) is 11.5 Å². The Morgan fingerprint density at radius 2 is 1.96 bits per heavy atom. The van der Waals surface area contributed by atoms with E-state index in [4.69, 9.17) is 9.47 Å². The number of ether oxygens (including phenoxy) is 2. The maximum atomic E-state index is 13.3. The van der Waals surface area contributed by atoms with Crippen LogP contribution in [0.15, 0.2) is 36.4 Å². The zero-order valence-corrected chi connectivity index (χ0v) is 13.7. The Labute approximate surface area is 143 Å². The van der Waals surface area contributed by atoms with Gasteiger partial charge in [-0.2, -0.15) is 4.39 Å². The van der Waals surface area contributed by atoms with Crippen LogP contribution in [0.2, 0.25) is 0 Å². The van der Waals surface area contributed by atoms with Crippen molar-refractivity contribution in [3.8, 4) is 11.5 Å². The van der Waals surface area contributed by atoms with Crippen molar-refractivity contribution in [2.45, 2.75) is 6.42 Å². The standard InChI is InChI=1S/C17H17FN2O5/c1-24-13-4-6-16(25-2)11(9-13)7-8-19-17(21)12-3-5-14(18)15(10-12)20(22)23/h3-6,9-10H,7-8H2,1-2H3,(H,19,21). The van der Waals surface area contributed by atoms with Gasteiger partial charge in [0.15, 0.2) is 0 Å². The van der Waals surface area contributed by atoms with Gasteiger partial charge in [-0.3, -0.25) is 14.9 Å². The molecule has 8 heteroatoms.